The van der Waals surface area contributed by atoms with Crippen LogP contribution in [0.1, 0.15) is 70.7 Å². The van der Waals surface area contributed by atoms with Crippen molar-refractivity contribution in [3.63, 3.8) is 0 Å². The van der Waals surface area contributed by atoms with E-state index < -0.39 is 22.0 Å². The summed E-state index contributed by atoms with van der Waals surface area (Å²) < 4.78 is 5.34. The van der Waals surface area contributed by atoms with Crippen molar-refractivity contribution >= 4 is 57.3 Å². The number of hydrogen-bond acceptors (Lipinski definition) is 8. The maximum atomic E-state index is 13.4. The fourth-order valence-electron chi connectivity index (χ4n) is 4.51. The predicted molar refractivity (Wildman–Crippen MR) is 158 cm³/mol. The first kappa shape index (κ1) is 29.3. The Hall–Kier alpha value is -3.70. The number of non-ortho nitro benzene ring substituents is 1. The average Bonchev–Trinajstić information content (AvgIpc) is 3.11. The SMILES string of the molecule is CCOC(=O)c1c(NC(=O)C(CC)Sc2cccc(NC(=O)c3ccc([N+](=O)[O-])cc3)c2)sc2c1CCCCC2. The molecule has 210 valence electrons. The highest BCUT2D eigenvalue weighted by Gasteiger charge is 2.28. The molecule has 40 heavy (non-hydrogen) atoms. The Balaban J connectivity index is 1.46. The van der Waals surface area contributed by atoms with Crippen molar-refractivity contribution in [3.05, 3.63) is 80.2 Å². The molecule has 0 fully saturated rings. The molecule has 0 aliphatic heterocycles. The van der Waals surface area contributed by atoms with Gasteiger partial charge in [-0.1, -0.05) is 19.4 Å². The summed E-state index contributed by atoms with van der Waals surface area (Å²) in [7, 11) is 0. The molecule has 1 aliphatic rings. The summed E-state index contributed by atoms with van der Waals surface area (Å²) in [6.45, 7) is 3.96. The van der Waals surface area contributed by atoms with Crippen molar-refractivity contribution in [2.45, 2.75) is 62.5 Å². The number of esters is 1. The summed E-state index contributed by atoms with van der Waals surface area (Å²) in [4.78, 5) is 51.2. The van der Waals surface area contributed by atoms with Gasteiger partial charge in [-0.3, -0.25) is 19.7 Å². The van der Waals surface area contributed by atoms with E-state index >= 15 is 0 Å². The zero-order valence-corrected chi connectivity index (χ0v) is 24.0. The molecular formula is C29H31N3O6S2. The quantitative estimate of drug-likeness (QED) is 0.0880. The first-order chi connectivity index (χ1) is 19.3. The topological polar surface area (TPSA) is 128 Å². The van der Waals surface area contributed by atoms with Gasteiger partial charge in [0.05, 0.1) is 22.3 Å². The number of benzene rings is 2. The van der Waals surface area contributed by atoms with Gasteiger partial charge in [0.25, 0.3) is 11.6 Å². The van der Waals surface area contributed by atoms with E-state index in [1.54, 1.807) is 25.1 Å². The fraction of sp³-hybridized carbons (Fsp3) is 0.345. The van der Waals surface area contributed by atoms with Crippen LogP contribution in [0.4, 0.5) is 16.4 Å². The summed E-state index contributed by atoms with van der Waals surface area (Å²) in [5.74, 6) is -0.991. The largest absolute Gasteiger partial charge is 0.462 e. The van der Waals surface area contributed by atoms with Crippen molar-refractivity contribution in [2.24, 2.45) is 0 Å². The molecule has 3 aromatic rings. The Labute approximate surface area is 240 Å². The van der Waals surface area contributed by atoms with Crippen molar-refractivity contribution in [1.29, 1.82) is 0 Å². The normalized spacial score (nSPS) is 13.4. The number of nitrogens with one attached hydrogen (secondary N) is 2. The van der Waals surface area contributed by atoms with Gasteiger partial charge in [0.15, 0.2) is 0 Å². The third-order valence-corrected chi connectivity index (χ3v) is 9.08. The van der Waals surface area contributed by atoms with Crippen molar-refractivity contribution in [1.82, 2.24) is 0 Å². The third kappa shape index (κ3) is 7.08. The van der Waals surface area contributed by atoms with Crippen LogP contribution < -0.4 is 10.6 Å². The number of nitro groups is 1. The van der Waals surface area contributed by atoms with E-state index in [0.29, 0.717) is 28.2 Å². The maximum Gasteiger partial charge on any atom is 0.341 e. The molecule has 4 rings (SSSR count). The van der Waals surface area contributed by atoms with E-state index in [-0.39, 0.29) is 18.2 Å². The molecule has 0 saturated carbocycles. The second-order valence-electron chi connectivity index (χ2n) is 9.28. The maximum absolute atomic E-state index is 13.4. The smallest absolute Gasteiger partial charge is 0.341 e. The first-order valence-corrected chi connectivity index (χ1v) is 14.9. The zero-order chi connectivity index (χ0) is 28.6. The highest BCUT2D eigenvalue weighted by atomic mass is 32.2. The molecule has 1 heterocycles. The number of fused-ring (bicyclic) bond motifs is 1. The van der Waals surface area contributed by atoms with E-state index in [0.717, 1.165) is 47.4 Å². The molecular weight excluding hydrogens is 550 g/mol. The number of aryl methyl sites for hydroxylation is 1. The first-order valence-electron chi connectivity index (χ1n) is 13.3. The van der Waals surface area contributed by atoms with Gasteiger partial charge in [0, 0.05) is 33.2 Å². The fourth-order valence-corrected chi connectivity index (χ4v) is 6.81. The number of nitrogens with zero attached hydrogens (tertiary/aromatic N) is 1. The van der Waals surface area contributed by atoms with Gasteiger partial charge in [0.2, 0.25) is 5.91 Å². The van der Waals surface area contributed by atoms with Gasteiger partial charge in [-0.05, 0) is 74.9 Å². The minimum absolute atomic E-state index is 0.0913. The number of amides is 2. The van der Waals surface area contributed by atoms with Gasteiger partial charge >= 0.3 is 5.97 Å². The Bertz CT molecular complexity index is 1400. The third-order valence-electron chi connectivity index (χ3n) is 6.51. The molecule has 2 aromatic carbocycles. The highest BCUT2D eigenvalue weighted by molar-refractivity contribution is 8.00. The minimum atomic E-state index is -0.520. The lowest BCUT2D eigenvalue weighted by atomic mass is 10.1. The van der Waals surface area contributed by atoms with E-state index in [2.05, 4.69) is 10.6 Å². The van der Waals surface area contributed by atoms with Gasteiger partial charge in [0.1, 0.15) is 5.00 Å². The second-order valence-corrected chi connectivity index (χ2v) is 11.7. The molecule has 0 spiro atoms. The monoisotopic (exact) mass is 581 g/mol. The lowest BCUT2D eigenvalue weighted by Gasteiger charge is -2.16. The summed E-state index contributed by atoms with van der Waals surface area (Å²) in [5, 5.41) is 16.8. The molecule has 1 aromatic heterocycles. The summed E-state index contributed by atoms with van der Waals surface area (Å²) in [6, 6.07) is 12.5. The molecule has 2 amide bonds. The van der Waals surface area contributed by atoms with Crippen LogP contribution in [0.2, 0.25) is 0 Å². The van der Waals surface area contributed by atoms with Crippen molar-refractivity contribution in [3.8, 4) is 0 Å². The van der Waals surface area contributed by atoms with Crippen LogP contribution in [-0.4, -0.2) is 34.6 Å². The number of thioether (sulfide) groups is 1. The summed E-state index contributed by atoms with van der Waals surface area (Å²) in [6.07, 6.45) is 5.44. The number of carbonyl (C=O) groups excluding carboxylic acids is 3. The zero-order valence-electron chi connectivity index (χ0n) is 22.4. The van der Waals surface area contributed by atoms with Gasteiger partial charge in [-0.25, -0.2) is 4.79 Å². The van der Waals surface area contributed by atoms with Crippen LogP contribution in [0.25, 0.3) is 0 Å². The van der Waals surface area contributed by atoms with Crippen LogP contribution in [0.3, 0.4) is 0 Å². The molecule has 2 N–H and O–H groups in total. The Kier molecular flexibility index (Phi) is 9.94. The molecule has 1 atom stereocenters. The Morgan fingerprint density at radius 2 is 1.80 bits per heavy atom. The van der Waals surface area contributed by atoms with Crippen LogP contribution >= 0.6 is 23.1 Å². The molecule has 0 bridgehead atoms. The molecule has 9 nitrogen and oxygen atoms in total. The van der Waals surface area contributed by atoms with Crippen LogP contribution in [-0.2, 0) is 22.4 Å². The highest BCUT2D eigenvalue weighted by Crippen LogP contribution is 2.39. The average molecular weight is 582 g/mol. The van der Waals surface area contributed by atoms with Crippen molar-refractivity contribution in [2.75, 3.05) is 17.2 Å². The molecule has 0 radical (unpaired) electrons. The van der Waals surface area contributed by atoms with Crippen LogP contribution in [0.15, 0.2) is 53.4 Å². The number of hydrogen-bond donors (Lipinski definition) is 2. The number of nitro benzene ring substituents is 1. The molecule has 1 unspecified atom stereocenters. The number of rotatable bonds is 10. The van der Waals surface area contributed by atoms with Gasteiger partial charge in [-0.2, -0.15) is 0 Å². The van der Waals surface area contributed by atoms with Gasteiger partial charge in [-0.15, -0.1) is 23.1 Å². The molecule has 1 aliphatic carbocycles. The van der Waals surface area contributed by atoms with Crippen LogP contribution in [0, 0.1) is 10.1 Å². The number of carbonyl (C=O) groups is 3. The van der Waals surface area contributed by atoms with Crippen LogP contribution in [0.5, 0.6) is 0 Å². The van der Waals surface area contributed by atoms with E-state index in [4.69, 9.17) is 4.74 Å². The molecule has 11 heteroatoms. The minimum Gasteiger partial charge on any atom is -0.462 e. The van der Waals surface area contributed by atoms with E-state index in [9.17, 15) is 24.5 Å². The molecule has 0 saturated heterocycles. The van der Waals surface area contributed by atoms with Crippen molar-refractivity contribution < 1.29 is 24.0 Å². The number of thiophene rings is 1. The Morgan fingerprint density at radius 1 is 1.05 bits per heavy atom. The Morgan fingerprint density at radius 3 is 2.50 bits per heavy atom. The summed E-state index contributed by atoms with van der Waals surface area (Å²) >= 11 is 2.85. The lowest BCUT2D eigenvalue weighted by Crippen LogP contribution is -2.25. The number of anilines is 2. The van der Waals surface area contributed by atoms with E-state index in [1.807, 2.05) is 13.0 Å². The van der Waals surface area contributed by atoms with Gasteiger partial charge < -0.3 is 15.4 Å². The lowest BCUT2D eigenvalue weighted by molar-refractivity contribution is -0.384. The standard InChI is InChI=1S/C29H31N3O6S2/c1-3-23(27(34)31-28-25(29(35)38-4-2)22-11-6-5-7-12-24(22)40-28)39-21-10-8-9-19(17-21)30-26(33)18-13-15-20(16-14-18)32(36)37/h8-10,13-17,23H,3-7,11-12H2,1-2H3,(H,30,33)(H,31,34). The second kappa shape index (κ2) is 13.6. The summed E-state index contributed by atoms with van der Waals surface area (Å²) in [5.41, 5.74) is 2.24. The van der Waals surface area contributed by atoms with E-state index in [1.165, 1.54) is 47.4 Å². The number of ether oxygens (including phenoxy) is 1. The predicted octanol–water partition coefficient (Wildman–Crippen LogP) is 6.86.